The number of hydrogen-bond donors (Lipinski definition) is 1. The zero-order valence-electron chi connectivity index (χ0n) is 22.0. The molecule has 0 bridgehead atoms. The van der Waals surface area contributed by atoms with Crippen molar-refractivity contribution in [3.8, 4) is 5.75 Å². The summed E-state index contributed by atoms with van der Waals surface area (Å²) in [7, 11) is 2.02. The average Bonchev–Trinajstić information content (AvgIpc) is 3.55. The number of aromatic nitrogens is 2. The van der Waals surface area contributed by atoms with E-state index in [9.17, 15) is 14.4 Å². The number of H-pyrrole nitrogens is 1. The summed E-state index contributed by atoms with van der Waals surface area (Å²) >= 11 is 0. The molecule has 198 valence electrons. The van der Waals surface area contributed by atoms with Crippen LogP contribution in [0.1, 0.15) is 46.9 Å². The third-order valence-corrected chi connectivity index (χ3v) is 8.53. The third kappa shape index (κ3) is 4.15. The summed E-state index contributed by atoms with van der Waals surface area (Å²) in [6, 6.07) is 11.4. The fourth-order valence-electron chi connectivity index (χ4n) is 6.13. The van der Waals surface area contributed by atoms with E-state index in [4.69, 9.17) is 4.74 Å². The summed E-state index contributed by atoms with van der Waals surface area (Å²) in [5, 5.41) is 8.33. The van der Waals surface area contributed by atoms with Gasteiger partial charge in [-0.2, -0.15) is 5.10 Å². The Morgan fingerprint density at radius 1 is 1.05 bits per heavy atom. The zero-order valence-corrected chi connectivity index (χ0v) is 22.0. The molecule has 3 aliphatic heterocycles. The van der Waals surface area contributed by atoms with Crippen LogP contribution in [-0.4, -0.2) is 88.6 Å². The van der Waals surface area contributed by atoms with Gasteiger partial charge in [0.05, 0.1) is 28.8 Å². The molecule has 0 spiro atoms. The molecule has 2 aromatic carbocycles. The van der Waals surface area contributed by atoms with E-state index < -0.39 is 5.54 Å². The molecule has 9 nitrogen and oxygen atoms in total. The number of fused-ring (bicyclic) bond motifs is 2. The zero-order chi connectivity index (χ0) is 26.4. The van der Waals surface area contributed by atoms with Gasteiger partial charge in [0, 0.05) is 44.4 Å². The van der Waals surface area contributed by atoms with Crippen LogP contribution in [0.3, 0.4) is 0 Å². The maximum Gasteiger partial charge on any atom is 0.272 e. The van der Waals surface area contributed by atoms with Crippen LogP contribution >= 0.6 is 0 Å². The number of rotatable bonds is 4. The standard InChI is InChI=1S/C29H33N5O4/c1-29(9-5-10-32(29)2)28(37)34-13-11-33(12-14-34)27(36)23-17-19(16-20-8-15-38-25(20)23)18-24-21-6-3-4-7-22(21)26(35)31-30-24/h3-4,6-7,16-17H,5,8-15,18H2,1-2H3,(H,31,35). The quantitative estimate of drug-likeness (QED) is 0.572. The number of carbonyl (C=O) groups excluding carboxylic acids is 2. The number of hydrogen-bond acceptors (Lipinski definition) is 6. The highest BCUT2D eigenvalue weighted by Crippen LogP contribution is 2.34. The first kappa shape index (κ1) is 24.6. The summed E-state index contributed by atoms with van der Waals surface area (Å²) in [5.41, 5.74) is 2.63. The normalized spacial score (nSPS) is 21.5. The molecule has 38 heavy (non-hydrogen) atoms. The van der Waals surface area contributed by atoms with Gasteiger partial charge in [0.2, 0.25) is 5.91 Å². The van der Waals surface area contributed by atoms with E-state index in [1.807, 2.05) is 48.0 Å². The van der Waals surface area contributed by atoms with Crippen molar-refractivity contribution in [2.45, 2.75) is 38.1 Å². The van der Waals surface area contributed by atoms with E-state index in [0.717, 1.165) is 48.0 Å². The minimum absolute atomic E-state index is 0.0689. The van der Waals surface area contributed by atoms with Crippen LogP contribution < -0.4 is 10.3 Å². The molecular formula is C29H33N5O4. The molecule has 2 fully saturated rings. The maximum atomic E-state index is 13.7. The predicted octanol–water partition coefficient (Wildman–Crippen LogP) is 2.22. The van der Waals surface area contributed by atoms with Gasteiger partial charge in [-0.25, -0.2) is 5.10 Å². The van der Waals surface area contributed by atoms with Crippen molar-refractivity contribution in [3.63, 3.8) is 0 Å². The second-order valence-corrected chi connectivity index (χ2v) is 10.8. The number of likely N-dealkylation sites (N-methyl/N-ethyl adjacent to an activating group) is 1. The Bertz CT molecular complexity index is 1480. The van der Waals surface area contributed by atoms with Crippen LogP contribution in [0, 0.1) is 0 Å². The highest BCUT2D eigenvalue weighted by atomic mass is 16.5. The van der Waals surface area contributed by atoms with E-state index in [1.165, 1.54) is 0 Å². The van der Waals surface area contributed by atoms with Crippen molar-refractivity contribution in [2.24, 2.45) is 0 Å². The Morgan fingerprint density at radius 2 is 1.79 bits per heavy atom. The maximum absolute atomic E-state index is 13.7. The van der Waals surface area contributed by atoms with Crippen molar-refractivity contribution in [1.29, 1.82) is 0 Å². The second kappa shape index (κ2) is 9.54. The number of piperazine rings is 1. The first-order valence-corrected chi connectivity index (χ1v) is 13.4. The van der Waals surface area contributed by atoms with Crippen LogP contribution in [-0.2, 0) is 17.6 Å². The molecule has 0 aliphatic carbocycles. The lowest BCUT2D eigenvalue weighted by molar-refractivity contribution is -0.142. The number of nitrogens with one attached hydrogen (secondary N) is 1. The van der Waals surface area contributed by atoms with Gasteiger partial charge in [-0.3, -0.25) is 19.3 Å². The third-order valence-electron chi connectivity index (χ3n) is 8.53. The number of nitrogens with zero attached hydrogens (tertiary/aromatic N) is 4. The molecule has 0 saturated carbocycles. The Balaban J connectivity index is 1.23. The number of ether oxygens (including phenoxy) is 1. The smallest absolute Gasteiger partial charge is 0.272 e. The van der Waals surface area contributed by atoms with Gasteiger partial charge >= 0.3 is 0 Å². The Labute approximate surface area is 221 Å². The van der Waals surface area contributed by atoms with Gasteiger partial charge in [0.1, 0.15) is 5.75 Å². The van der Waals surface area contributed by atoms with Crippen molar-refractivity contribution < 1.29 is 14.3 Å². The van der Waals surface area contributed by atoms with Crippen molar-refractivity contribution in [3.05, 3.63) is 69.1 Å². The van der Waals surface area contributed by atoms with Gasteiger partial charge in [0.15, 0.2) is 0 Å². The van der Waals surface area contributed by atoms with E-state index in [-0.39, 0.29) is 17.4 Å². The molecule has 9 heteroatoms. The van der Waals surface area contributed by atoms with E-state index >= 15 is 0 Å². The Kier molecular flexibility index (Phi) is 6.18. The molecule has 3 aromatic rings. The minimum Gasteiger partial charge on any atom is -0.492 e. The van der Waals surface area contributed by atoms with Gasteiger partial charge < -0.3 is 14.5 Å². The van der Waals surface area contributed by atoms with E-state index in [2.05, 4.69) is 21.2 Å². The van der Waals surface area contributed by atoms with Crippen LogP contribution in [0.15, 0.2) is 41.2 Å². The van der Waals surface area contributed by atoms with Gasteiger partial charge in [-0.05, 0) is 56.6 Å². The molecule has 3 aliphatic rings. The predicted molar refractivity (Wildman–Crippen MR) is 144 cm³/mol. The highest BCUT2D eigenvalue weighted by Gasteiger charge is 2.44. The van der Waals surface area contributed by atoms with Gasteiger partial charge in [-0.1, -0.05) is 24.3 Å². The van der Waals surface area contributed by atoms with Crippen molar-refractivity contribution in [1.82, 2.24) is 24.9 Å². The topological polar surface area (TPSA) is 98.8 Å². The lowest BCUT2D eigenvalue weighted by Gasteiger charge is -2.40. The van der Waals surface area contributed by atoms with Gasteiger partial charge in [0.25, 0.3) is 11.5 Å². The monoisotopic (exact) mass is 515 g/mol. The molecule has 6 rings (SSSR count). The number of carbonyl (C=O) groups is 2. The van der Waals surface area contributed by atoms with Crippen LogP contribution in [0.25, 0.3) is 10.8 Å². The first-order chi connectivity index (χ1) is 18.3. The molecule has 2 amide bonds. The molecule has 1 aromatic heterocycles. The lowest BCUT2D eigenvalue weighted by atomic mass is 9.96. The molecular weight excluding hydrogens is 482 g/mol. The molecule has 1 N–H and O–H groups in total. The summed E-state index contributed by atoms with van der Waals surface area (Å²) in [6.07, 6.45) is 3.14. The first-order valence-electron chi connectivity index (χ1n) is 13.4. The van der Waals surface area contributed by atoms with E-state index in [0.29, 0.717) is 55.9 Å². The van der Waals surface area contributed by atoms with Crippen molar-refractivity contribution >= 4 is 22.6 Å². The summed E-state index contributed by atoms with van der Waals surface area (Å²) in [6.45, 7) is 5.57. The fourth-order valence-corrected chi connectivity index (χ4v) is 6.13. The lowest BCUT2D eigenvalue weighted by Crippen LogP contribution is -2.58. The summed E-state index contributed by atoms with van der Waals surface area (Å²) in [4.78, 5) is 45.2. The number of amides is 2. The minimum atomic E-state index is -0.449. The van der Waals surface area contributed by atoms with Crippen LogP contribution in [0.2, 0.25) is 0 Å². The van der Waals surface area contributed by atoms with Crippen molar-refractivity contribution in [2.75, 3.05) is 46.4 Å². The largest absolute Gasteiger partial charge is 0.492 e. The average molecular weight is 516 g/mol. The van der Waals surface area contributed by atoms with E-state index in [1.54, 1.807) is 6.07 Å². The number of aromatic amines is 1. The number of benzene rings is 2. The van der Waals surface area contributed by atoms with Gasteiger partial charge in [-0.15, -0.1) is 0 Å². The second-order valence-electron chi connectivity index (χ2n) is 10.8. The number of likely N-dealkylation sites (tertiary alicyclic amines) is 1. The molecule has 0 radical (unpaired) electrons. The highest BCUT2D eigenvalue weighted by molar-refractivity contribution is 5.98. The fraction of sp³-hybridized carbons (Fsp3) is 0.448. The molecule has 1 unspecified atom stereocenters. The molecule has 2 saturated heterocycles. The Morgan fingerprint density at radius 3 is 2.53 bits per heavy atom. The SMILES string of the molecule is CN1CCCC1(C)C(=O)N1CCN(C(=O)c2cc(Cc3n[nH]c(=O)c4ccccc34)cc3c2OCC3)CC1. The molecule has 4 heterocycles. The summed E-state index contributed by atoms with van der Waals surface area (Å²) in [5.74, 6) is 0.758. The molecule has 1 atom stereocenters. The van der Waals surface area contributed by atoms with Crippen LogP contribution in [0.4, 0.5) is 0 Å². The van der Waals surface area contributed by atoms with Crippen LogP contribution in [0.5, 0.6) is 5.75 Å². The Hall–Kier alpha value is -3.72. The summed E-state index contributed by atoms with van der Waals surface area (Å²) < 4.78 is 5.90.